The Bertz CT molecular complexity index is 400. The molecule has 7 heteroatoms. The molecule has 2 heterocycles. The van der Waals surface area contributed by atoms with E-state index in [0.717, 1.165) is 10.8 Å². The van der Waals surface area contributed by atoms with E-state index in [4.69, 9.17) is 0 Å². The number of hydrogen-bond acceptors (Lipinski definition) is 6. The summed E-state index contributed by atoms with van der Waals surface area (Å²) in [4.78, 5) is 12.1. The standard InChI is InChI=1S/C7H8N6S/c1-8-5-2-6(10-3-9-5)14-7-11-4-12-13-7/h2-4H,1H3,(H,8,9,10)(H,11,12,13). The van der Waals surface area contributed by atoms with Crippen LogP contribution in [0.1, 0.15) is 0 Å². The quantitative estimate of drug-likeness (QED) is 0.726. The van der Waals surface area contributed by atoms with Crippen LogP contribution in [0.15, 0.2) is 28.9 Å². The summed E-state index contributed by atoms with van der Waals surface area (Å²) in [6, 6.07) is 1.84. The Morgan fingerprint density at radius 2 is 2.21 bits per heavy atom. The van der Waals surface area contributed by atoms with Gasteiger partial charge < -0.3 is 5.32 Å². The van der Waals surface area contributed by atoms with Gasteiger partial charge in [0, 0.05) is 13.1 Å². The second-order valence-corrected chi connectivity index (χ2v) is 3.39. The highest BCUT2D eigenvalue weighted by atomic mass is 32.2. The van der Waals surface area contributed by atoms with Crippen molar-refractivity contribution in [1.82, 2.24) is 25.1 Å². The lowest BCUT2D eigenvalue weighted by Crippen LogP contribution is -1.93. The van der Waals surface area contributed by atoms with Crippen LogP contribution in [0, 0.1) is 0 Å². The van der Waals surface area contributed by atoms with Crippen molar-refractivity contribution < 1.29 is 0 Å². The van der Waals surface area contributed by atoms with E-state index >= 15 is 0 Å². The SMILES string of the molecule is CNc1cc(Sc2ncn[nH]2)ncn1. The largest absolute Gasteiger partial charge is 0.373 e. The average molecular weight is 208 g/mol. The maximum atomic E-state index is 4.09. The molecule has 0 saturated carbocycles. The first kappa shape index (κ1) is 8.95. The lowest BCUT2D eigenvalue weighted by atomic mass is 10.6. The molecule has 2 aromatic heterocycles. The monoisotopic (exact) mass is 208 g/mol. The Labute approximate surface area is 84.6 Å². The van der Waals surface area contributed by atoms with Gasteiger partial charge in [0.15, 0.2) is 5.16 Å². The van der Waals surface area contributed by atoms with E-state index in [1.54, 1.807) is 0 Å². The predicted octanol–water partition coefficient (Wildman–Crippen LogP) is 0.788. The molecule has 2 rings (SSSR count). The van der Waals surface area contributed by atoms with Crippen molar-refractivity contribution >= 4 is 17.6 Å². The van der Waals surface area contributed by atoms with Crippen LogP contribution in [0.5, 0.6) is 0 Å². The lowest BCUT2D eigenvalue weighted by Gasteiger charge is -1.99. The van der Waals surface area contributed by atoms with E-state index in [-0.39, 0.29) is 0 Å². The van der Waals surface area contributed by atoms with Gasteiger partial charge in [0.1, 0.15) is 23.5 Å². The van der Waals surface area contributed by atoms with Crippen LogP contribution in [-0.2, 0) is 0 Å². The fraction of sp³-hybridized carbons (Fsp3) is 0.143. The zero-order valence-electron chi connectivity index (χ0n) is 7.43. The van der Waals surface area contributed by atoms with Gasteiger partial charge >= 0.3 is 0 Å². The minimum atomic E-state index is 0.714. The van der Waals surface area contributed by atoms with Crippen LogP contribution >= 0.6 is 11.8 Å². The topological polar surface area (TPSA) is 79.4 Å². The van der Waals surface area contributed by atoms with Crippen molar-refractivity contribution in [3.8, 4) is 0 Å². The summed E-state index contributed by atoms with van der Waals surface area (Å²) < 4.78 is 0. The Balaban J connectivity index is 2.17. The van der Waals surface area contributed by atoms with Crippen molar-refractivity contribution in [2.75, 3.05) is 12.4 Å². The third-order valence-corrected chi connectivity index (χ3v) is 2.31. The third kappa shape index (κ3) is 1.99. The van der Waals surface area contributed by atoms with E-state index in [1.165, 1.54) is 24.4 Å². The number of H-pyrrole nitrogens is 1. The fourth-order valence-corrected chi connectivity index (χ4v) is 1.54. The highest BCUT2D eigenvalue weighted by Crippen LogP contribution is 2.22. The maximum Gasteiger partial charge on any atom is 0.189 e. The average Bonchev–Trinajstić information content (AvgIpc) is 2.71. The summed E-state index contributed by atoms with van der Waals surface area (Å²) in [6.45, 7) is 0. The molecule has 0 amide bonds. The van der Waals surface area contributed by atoms with Gasteiger partial charge in [-0.25, -0.2) is 15.0 Å². The first-order valence-corrected chi connectivity index (χ1v) is 4.73. The summed E-state index contributed by atoms with van der Waals surface area (Å²) in [6.07, 6.45) is 2.97. The Morgan fingerprint density at radius 1 is 1.29 bits per heavy atom. The minimum Gasteiger partial charge on any atom is -0.373 e. The van der Waals surface area contributed by atoms with E-state index in [0.29, 0.717) is 5.16 Å². The van der Waals surface area contributed by atoms with Gasteiger partial charge in [-0.1, -0.05) is 0 Å². The zero-order valence-corrected chi connectivity index (χ0v) is 8.25. The Hall–Kier alpha value is -1.63. The summed E-state index contributed by atoms with van der Waals surface area (Å²) in [5.74, 6) is 0.780. The first-order valence-electron chi connectivity index (χ1n) is 3.91. The molecule has 14 heavy (non-hydrogen) atoms. The van der Waals surface area contributed by atoms with E-state index < -0.39 is 0 Å². The molecule has 2 aromatic rings. The number of rotatable bonds is 3. The first-order chi connectivity index (χ1) is 6.88. The summed E-state index contributed by atoms with van der Waals surface area (Å²) >= 11 is 1.40. The number of hydrogen-bond donors (Lipinski definition) is 2. The van der Waals surface area contributed by atoms with Crippen molar-refractivity contribution in [3.05, 3.63) is 18.7 Å². The highest BCUT2D eigenvalue weighted by molar-refractivity contribution is 7.99. The van der Waals surface area contributed by atoms with Crippen molar-refractivity contribution in [1.29, 1.82) is 0 Å². The zero-order chi connectivity index (χ0) is 9.80. The molecule has 2 N–H and O–H groups in total. The van der Waals surface area contributed by atoms with Gasteiger partial charge in [-0.3, -0.25) is 5.10 Å². The van der Waals surface area contributed by atoms with Gasteiger partial charge in [0.2, 0.25) is 0 Å². The predicted molar refractivity (Wildman–Crippen MR) is 52.1 cm³/mol. The fourth-order valence-electron chi connectivity index (χ4n) is 0.874. The highest BCUT2D eigenvalue weighted by Gasteiger charge is 2.02. The number of nitrogens with one attached hydrogen (secondary N) is 2. The molecular weight excluding hydrogens is 200 g/mol. The minimum absolute atomic E-state index is 0.714. The molecule has 0 aliphatic carbocycles. The molecule has 0 radical (unpaired) electrons. The molecule has 0 spiro atoms. The lowest BCUT2D eigenvalue weighted by molar-refractivity contribution is 0.963. The molecule has 0 saturated heterocycles. The van der Waals surface area contributed by atoms with Crippen LogP contribution in [0.25, 0.3) is 0 Å². The molecule has 72 valence electrons. The maximum absolute atomic E-state index is 4.09. The molecule has 0 aromatic carbocycles. The van der Waals surface area contributed by atoms with Crippen LogP contribution in [0.4, 0.5) is 5.82 Å². The van der Waals surface area contributed by atoms with E-state index in [2.05, 4.69) is 30.5 Å². The number of nitrogens with zero attached hydrogens (tertiary/aromatic N) is 4. The Morgan fingerprint density at radius 3 is 2.93 bits per heavy atom. The smallest absolute Gasteiger partial charge is 0.189 e. The normalized spacial score (nSPS) is 10.1. The van der Waals surface area contributed by atoms with Crippen LogP contribution in [0.2, 0.25) is 0 Å². The second-order valence-electron chi connectivity index (χ2n) is 2.38. The van der Waals surface area contributed by atoms with Gasteiger partial charge in [-0.2, -0.15) is 5.10 Å². The van der Waals surface area contributed by atoms with E-state index in [1.807, 2.05) is 13.1 Å². The van der Waals surface area contributed by atoms with Crippen molar-refractivity contribution in [3.63, 3.8) is 0 Å². The van der Waals surface area contributed by atoms with Crippen LogP contribution in [0.3, 0.4) is 0 Å². The molecule has 6 nitrogen and oxygen atoms in total. The molecule has 0 fully saturated rings. The third-order valence-electron chi connectivity index (χ3n) is 1.49. The van der Waals surface area contributed by atoms with Gasteiger partial charge in [-0.05, 0) is 11.8 Å². The molecule has 0 aliphatic heterocycles. The second kappa shape index (κ2) is 4.05. The summed E-state index contributed by atoms with van der Waals surface area (Å²) in [5, 5.41) is 11.0. The van der Waals surface area contributed by atoms with Crippen molar-refractivity contribution in [2.45, 2.75) is 10.2 Å². The number of aromatic amines is 1. The van der Waals surface area contributed by atoms with Crippen molar-refractivity contribution in [2.24, 2.45) is 0 Å². The van der Waals surface area contributed by atoms with E-state index in [9.17, 15) is 0 Å². The molecular formula is C7H8N6S. The number of anilines is 1. The number of aromatic nitrogens is 5. The van der Waals surface area contributed by atoms with Gasteiger partial charge in [0.05, 0.1) is 0 Å². The Kier molecular flexibility index (Phi) is 2.59. The van der Waals surface area contributed by atoms with Gasteiger partial charge in [-0.15, -0.1) is 0 Å². The van der Waals surface area contributed by atoms with Gasteiger partial charge in [0.25, 0.3) is 0 Å². The molecule has 0 unspecified atom stereocenters. The summed E-state index contributed by atoms with van der Waals surface area (Å²) in [5.41, 5.74) is 0. The molecule has 0 bridgehead atoms. The molecule has 0 atom stereocenters. The summed E-state index contributed by atoms with van der Waals surface area (Å²) in [7, 11) is 1.81. The van der Waals surface area contributed by atoms with Crippen LogP contribution in [-0.4, -0.2) is 32.2 Å². The van der Waals surface area contributed by atoms with Crippen LogP contribution < -0.4 is 5.32 Å². The molecule has 0 aliphatic rings.